The average molecular weight is 244 g/mol. The zero-order valence-electron chi connectivity index (χ0n) is 9.39. The molecule has 0 spiro atoms. The fourth-order valence-corrected chi connectivity index (χ4v) is 1.36. The molecule has 0 saturated carbocycles. The highest BCUT2D eigenvalue weighted by Gasteiger charge is 2.46. The van der Waals surface area contributed by atoms with Crippen LogP contribution in [-0.2, 0) is 28.7 Å². The maximum Gasteiger partial charge on any atom is 0.331 e. The van der Waals surface area contributed by atoms with Crippen LogP contribution in [0, 0.1) is 5.92 Å². The van der Waals surface area contributed by atoms with Crippen LogP contribution in [-0.4, -0.2) is 34.6 Å². The number of carbonyl (C=O) groups is 4. The second-order valence-corrected chi connectivity index (χ2v) is 4.04. The normalized spacial score (nSPS) is 19.4. The van der Waals surface area contributed by atoms with Crippen LogP contribution in [0.5, 0.6) is 0 Å². The summed E-state index contributed by atoms with van der Waals surface area (Å²) in [6, 6.07) is 0. The van der Waals surface area contributed by atoms with Crippen molar-refractivity contribution in [2.24, 2.45) is 5.92 Å². The molecular weight excluding hydrogens is 232 g/mol. The van der Waals surface area contributed by atoms with Gasteiger partial charge in [0.1, 0.15) is 0 Å². The molecule has 17 heavy (non-hydrogen) atoms. The van der Waals surface area contributed by atoms with E-state index in [0.717, 1.165) is 0 Å². The standard InChI is InChI=1S/C10H12O7/c1-10(2)16-8(14)7(9(15)17-10)5(11)3-4-6(12)13/h7H,3-4H2,1-2H3,(H,12,13). The van der Waals surface area contributed by atoms with Gasteiger partial charge in [-0.1, -0.05) is 0 Å². The van der Waals surface area contributed by atoms with Crippen LogP contribution >= 0.6 is 0 Å². The van der Waals surface area contributed by atoms with Gasteiger partial charge >= 0.3 is 17.9 Å². The predicted molar refractivity (Wildman–Crippen MR) is 51.6 cm³/mol. The Bertz CT molecular complexity index is 362. The van der Waals surface area contributed by atoms with Crippen molar-refractivity contribution >= 4 is 23.7 Å². The van der Waals surface area contributed by atoms with Gasteiger partial charge in [0.05, 0.1) is 6.42 Å². The highest BCUT2D eigenvalue weighted by Crippen LogP contribution is 2.24. The lowest BCUT2D eigenvalue weighted by atomic mass is 9.99. The third kappa shape index (κ3) is 3.27. The first-order chi connectivity index (χ1) is 7.73. The fraction of sp³-hybridized carbons (Fsp3) is 0.600. The summed E-state index contributed by atoms with van der Waals surface area (Å²) in [5.74, 6) is -7.04. The molecule has 94 valence electrons. The van der Waals surface area contributed by atoms with Gasteiger partial charge in [-0.2, -0.15) is 0 Å². The molecule has 7 nitrogen and oxygen atoms in total. The molecule has 0 radical (unpaired) electrons. The Morgan fingerprint density at radius 3 is 2.06 bits per heavy atom. The van der Waals surface area contributed by atoms with Gasteiger partial charge in [0.25, 0.3) is 5.79 Å². The van der Waals surface area contributed by atoms with E-state index in [1.807, 2.05) is 0 Å². The highest BCUT2D eigenvalue weighted by atomic mass is 16.7. The van der Waals surface area contributed by atoms with Gasteiger partial charge in [-0.25, -0.2) is 0 Å². The molecule has 1 heterocycles. The monoisotopic (exact) mass is 244 g/mol. The average Bonchev–Trinajstić information content (AvgIpc) is 2.11. The van der Waals surface area contributed by atoms with Crippen molar-refractivity contribution in [2.75, 3.05) is 0 Å². The summed E-state index contributed by atoms with van der Waals surface area (Å²) in [6.45, 7) is 2.72. The maximum absolute atomic E-state index is 11.5. The smallest absolute Gasteiger partial charge is 0.331 e. The number of carboxylic acids is 1. The van der Waals surface area contributed by atoms with E-state index in [0.29, 0.717) is 0 Å². The number of ether oxygens (including phenoxy) is 2. The van der Waals surface area contributed by atoms with E-state index in [1.54, 1.807) is 0 Å². The van der Waals surface area contributed by atoms with Gasteiger partial charge in [0.2, 0.25) is 5.92 Å². The minimum absolute atomic E-state index is 0.412. The molecule has 7 heteroatoms. The molecule has 0 amide bonds. The van der Waals surface area contributed by atoms with Crippen molar-refractivity contribution in [2.45, 2.75) is 32.5 Å². The first kappa shape index (κ1) is 13.1. The molecule has 1 aliphatic rings. The van der Waals surface area contributed by atoms with Gasteiger partial charge < -0.3 is 14.6 Å². The quantitative estimate of drug-likeness (QED) is 0.542. The van der Waals surface area contributed by atoms with Crippen molar-refractivity contribution in [3.05, 3.63) is 0 Å². The van der Waals surface area contributed by atoms with E-state index < -0.39 is 48.2 Å². The highest BCUT2D eigenvalue weighted by molar-refractivity contribution is 6.16. The van der Waals surface area contributed by atoms with Gasteiger partial charge in [0.15, 0.2) is 5.78 Å². The number of ketones is 1. The van der Waals surface area contributed by atoms with E-state index in [4.69, 9.17) is 14.6 Å². The molecule has 1 fully saturated rings. The largest absolute Gasteiger partial charge is 0.481 e. The molecule has 0 aliphatic carbocycles. The summed E-state index contributed by atoms with van der Waals surface area (Å²) in [7, 11) is 0. The number of hydrogen-bond acceptors (Lipinski definition) is 6. The van der Waals surface area contributed by atoms with Gasteiger partial charge in [-0.15, -0.1) is 0 Å². The van der Waals surface area contributed by atoms with E-state index >= 15 is 0 Å². The molecule has 0 atom stereocenters. The number of rotatable bonds is 4. The molecular formula is C10H12O7. The Morgan fingerprint density at radius 2 is 1.65 bits per heavy atom. The van der Waals surface area contributed by atoms with Crippen molar-refractivity contribution in [1.82, 2.24) is 0 Å². The van der Waals surface area contributed by atoms with Crippen molar-refractivity contribution in [3.63, 3.8) is 0 Å². The number of cyclic esters (lactones) is 2. The zero-order valence-corrected chi connectivity index (χ0v) is 9.39. The molecule has 1 rings (SSSR count). The fourth-order valence-electron chi connectivity index (χ4n) is 1.36. The van der Waals surface area contributed by atoms with Crippen LogP contribution in [0.3, 0.4) is 0 Å². The third-order valence-corrected chi connectivity index (χ3v) is 2.07. The third-order valence-electron chi connectivity index (χ3n) is 2.07. The van der Waals surface area contributed by atoms with E-state index in [-0.39, 0.29) is 0 Å². The van der Waals surface area contributed by atoms with Crippen molar-refractivity contribution in [1.29, 1.82) is 0 Å². The number of hydrogen-bond donors (Lipinski definition) is 1. The Balaban J connectivity index is 2.71. The first-order valence-electron chi connectivity index (χ1n) is 4.93. The number of aliphatic carboxylic acids is 1. The molecule has 0 bridgehead atoms. The van der Waals surface area contributed by atoms with Crippen LogP contribution in [0.25, 0.3) is 0 Å². The Labute approximate surface area is 96.7 Å². The Morgan fingerprint density at radius 1 is 1.18 bits per heavy atom. The van der Waals surface area contributed by atoms with Crippen molar-refractivity contribution < 1.29 is 33.8 Å². The van der Waals surface area contributed by atoms with Crippen LogP contribution in [0.1, 0.15) is 26.7 Å². The molecule has 1 N–H and O–H groups in total. The summed E-state index contributed by atoms with van der Waals surface area (Å²) < 4.78 is 9.47. The summed E-state index contributed by atoms with van der Waals surface area (Å²) in [5, 5.41) is 8.39. The summed E-state index contributed by atoms with van der Waals surface area (Å²) >= 11 is 0. The second-order valence-electron chi connectivity index (χ2n) is 4.04. The molecule has 0 unspecified atom stereocenters. The predicted octanol–water partition coefficient (Wildman–Crippen LogP) is -0.127. The molecule has 0 aromatic heterocycles. The van der Waals surface area contributed by atoms with Crippen LogP contribution < -0.4 is 0 Å². The number of carbonyl (C=O) groups excluding carboxylic acids is 3. The number of esters is 2. The molecule has 0 aromatic carbocycles. The minimum Gasteiger partial charge on any atom is -0.481 e. The SMILES string of the molecule is CC1(C)OC(=O)C(C(=O)CCC(=O)O)C(=O)O1. The van der Waals surface area contributed by atoms with Gasteiger partial charge in [-0.05, 0) is 0 Å². The summed E-state index contributed by atoms with van der Waals surface area (Å²) in [5.41, 5.74) is 0. The van der Waals surface area contributed by atoms with Crippen LogP contribution in [0.4, 0.5) is 0 Å². The lowest BCUT2D eigenvalue weighted by Crippen LogP contribution is -2.49. The van der Waals surface area contributed by atoms with E-state index in [2.05, 4.69) is 0 Å². The zero-order chi connectivity index (χ0) is 13.2. The van der Waals surface area contributed by atoms with Gasteiger partial charge in [0, 0.05) is 20.3 Å². The maximum atomic E-state index is 11.5. The summed E-state index contributed by atoms with van der Waals surface area (Å²) in [4.78, 5) is 44.6. The van der Waals surface area contributed by atoms with Crippen LogP contribution in [0.2, 0.25) is 0 Å². The summed E-state index contributed by atoms with van der Waals surface area (Å²) in [6.07, 6.45) is -0.857. The molecule has 0 aromatic rings. The van der Waals surface area contributed by atoms with Gasteiger partial charge in [-0.3, -0.25) is 19.2 Å². The number of Topliss-reactive ketones (excluding diaryl/α,β-unsaturated/α-hetero) is 1. The topological polar surface area (TPSA) is 107 Å². The molecule has 1 saturated heterocycles. The Hall–Kier alpha value is -1.92. The van der Waals surface area contributed by atoms with Crippen LogP contribution in [0.15, 0.2) is 0 Å². The molecule has 1 aliphatic heterocycles. The van der Waals surface area contributed by atoms with E-state index in [9.17, 15) is 19.2 Å². The Kier molecular flexibility index (Phi) is 3.50. The minimum atomic E-state index is -1.66. The number of carboxylic acid groups (broad SMARTS) is 1. The lowest BCUT2D eigenvalue weighted by molar-refractivity contribution is -0.238. The van der Waals surface area contributed by atoms with Crippen molar-refractivity contribution in [3.8, 4) is 0 Å². The van der Waals surface area contributed by atoms with E-state index in [1.165, 1.54) is 13.8 Å². The lowest BCUT2D eigenvalue weighted by Gasteiger charge is -2.32. The second kappa shape index (κ2) is 4.52. The first-order valence-corrected chi connectivity index (χ1v) is 4.93.